The van der Waals surface area contributed by atoms with Gasteiger partial charge in [-0.3, -0.25) is 67.1 Å². The van der Waals surface area contributed by atoms with E-state index in [-0.39, 0.29) is 130 Å². The lowest BCUT2D eigenvalue weighted by molar-refractivity contribution is -0.144. The molecule has 7 unspecified atom stereocenters. The van der Waals surface area contributed by atoms with E-state index in [1.165, 1.54) is 134 Å². The van der Waals surface area contributed by atoms with Crippen molar-refractivity contribution in [1.29, 1.82) is 0 Å². The summed E-state index contributed by atoms with van der Waals surface area (Å²) in [5.74, 6) is -7.60. The number of carboxylic acids is 3. The van der Waals surface area contributed by atoms with Gasteiger partial charge in [0.25, 0.3) is 70.9 Å². The van der Waals surface area contributed by atoms with E-state index in [4.69, 9.17) is 107 Å². The average Bonchev–Trinajstić information content (AvgIpc) is 1.33. The molecule has 7 atom stereocenters. The van der Waals surface area contributed by atoms with E-state index in [9.17, 15) is 86.3 Å². The largest absolute Gasteiger partial charge is 0.508 e. The lowest BCUT2D eigenvalue weighted by Gasteiger charge is -2.17. The number of ether oxygens (including phenoxy) is 11. The van der Waals surface area contributed by atoms with Crippen LogP contribution in [0.2, 0.25) is 0 Å². The molecule has 0 spiro atoms. The smallest absolute Gasteiger partial charge is 0.338 e. The van der Waals surface area contributed by atoms with Gasteiger partial charge in [-0.25, -0.2) is 48.6 Å². The first-order valence-electron chi connectivity index (χ1n) is 39.4. The molecule has 43 heteroatoms. The van der Waals surface area contributed by atoms with Crippen molar-refractivity contribution in [3.05, 3.63) is 240 Å². The quantitative estimate of drug-likeness (QED) is 0.0122. The van der Waals surface area contributed by atoms with Gasteiger partial charge in [-0.2, -0.15) is 0 Å². The van der Waals surface area contributed by atoms with Gasteiger partial charge in [0.15, 0.2) is 0 Å². The van der Waals surface area contributed by atoms with Crippen molar-refractivity contribution in [2.45, 2.75) is 63.0 Å². The molecule has 0 aliphatic carbocycles. The van der Waals surface area contributed by atoms with Gasteiger partial charge in [0, 0.05) is 81.3 Å². The molecule has 7 fully saturated rings. The minimum absolute atomic E-state index is 0. The third-order valence-corrected chi connectivity index (χ3v) is 19.5. The zero-order chi connectivity index (χ0) is 94.1. The second kappa shape index (κ2) is 48.5. The highest BCUT2D eigenvalue weighted by Gasteiger charge is 2.35. The highest BCUT2D eigenvalue weighted by atomic mass is 35.5. The van der Waals surface area contributed by atoms with Gasteiger partial charge >= 0.3 is 35.8 Å². The first-order chi connectivity index (χ1) is 62.8. The summed E-state index contributed by atoms with van der Waals surface area (Å²) in [7, 11) is 0. The molecule has 12 amide bonds. The Hall–Kier alpha value is -14.3. The minimum atomic E-state index is -1.35. The molecule has 133 heavy (non-hydrogen) atoms. The van der Waals surface area contributed by atoms with Crippen LogP contribution >= 0.6 is 34.8 Å². The maximum Gasteiger partial charge on any atom is 0.338 e. The van der Waals surface area contributed by atoms with E-state index >= 15 is 0 Å². The Morgan fingerprint density at radius 1 is 0.301 bits per heavy atom. The van der Waals surface area contributed by atoms with E-state index in [2.05, 4.69) is 0 Å². The summed E-state index contributed by atoms with van der Waals surface area (Å²) in [5, 5.41) is 35.5. The number of esters is 3. The lowest BCUT2D eigenvalue weighted by Crippen LogP contribution is -2.30. The molecule has 0 aromatic heterocycles. The molecule has 13 aliphatic rings. The Morgan fingerprint density at radius 2 is 0.541 bits per heavy atom. The van der Waals surface area contributed by atoms with Crippen molar-refractivity contribution < 1.29 is 159 Å². The molecule has 4 N–H and O–H groups in total. The number of rotatable bonds is 26. The number of carbonyl (C=O) groups is 18. The molecule has 13 aliphatic heterocycles. The zero-order valence-corrected chi connectivity index (χ0v) is 71.3. The van der Waals surface area contributed by atoms with Crippen LogP contribution in [0.3, 0.4) is 0 Å². The van der Waals surface area contributed by atoms with Crippen LogP contribution in [0.25, 0.3) is 0 Å². The number of benzene rings is 6. The van der Waals surface area contributed by atoms with Gasteiger partial charge < -0.3 is 72.5 Å². The maximum atomic E-state index is 12.1. The lowest BCUT2D eigenvalue weighted by atomic mass is 10.0. The van der Waals surface area contributed by atoms with Gasteiger partial charge in [0.1, 0.15) is 62.3 Å². The van der Waals surface area contributed by atoms with E-state index in [0.29, 0.717) is 112 Å². The Balaban J connectivity index is 0.000000175. The normalized spacial score (nSPS) is 20.0. The molecular formula is C90H81BCl3N6O33. The summed E-state index contributed by atoms with van der Waals surface area (Å²) >= 11 is 15.8. The Bertz CT molecular complexity index is 5390. The van der Waals surface area contributed by atoms with Crippen LogP contribution in [-0.4, -0.2) is 269 Å². The van der Waals surface area contributed by atoms with Crippen LogP contribution in [0.1, 0.15) is 60.0 Å². The number of nitrogens with zero attached hydrogens (tertiary/aromatic N) is 6. The fourth-order valence-electron chi connectivity index (χ4n) is 11.2. The number of aromatic hydroxyl groups is 1. The highest BCUT2D eigenvalue weighted by molar-refractivity contribution is 6.32. The molecule has 6 aromatic carbocycles. The van der Waals surface area contributed by atoms with Gasteiger partial charge in [-0.15, -0.1) is 34.8 Å². The molecule has 693 valence electrons. The van der Waals surface area contributed by atoms with Crippen LogP contribution in [0.15, 0.2) is 206 Å². The van der Waals surface area contributed by atoms with Crippen molar-refractivity contribution in [1.82, 2.24) is 0 Å². The standard InChI is InChI=1S/C20H19NO8.C14H11NO5.C13H11NO4.C12H7NO6.C11H7NO4.C10H7NO3.3C3H5ClO.CH4.B/c22-17-1-2-18(23)21(17)14-4-12(6-19(24)28-10-15-8-26-15)3-13(5-14)7-20(25)29-11-16-9-27-16;16-12-5-6-13(17)15(12)10-3-1-9(2-4-10)14(18)20-8-11-7-19-11;15-12-5-6-13(16)14(12)9-1-3-10(4-2-9)17-7-11-8-18-11;14-9-1-2-10(15)13(9)8-4-6(11(16)17)3-7(5-8)12(18)19;13-9-5-6-10(14)12(9)8-3-1-7(2-4-8)11(15)16;12-8-3-1-7(2-4-8)11-9(13)5-6-10(11)14;3*4-1-3-2-5-3;;/h1-5,15-16H,6-11H2;1-6,11H,7-8H2;1-6,11H,7-8H2;1-5H,(H,16,17)(H,18,19);1-6H,(H,15,16);1-6,12H;3*3H,1-2H2;1H4;. The predicted molar refractivity (Wildman–Crippen MR) is 469 cm³/mol. The molecule has 0 saturated carbocycles. The van der Waals surface area contributed by atoms with E-state index in [0.717, 1.165) is 81.3 Å². The summed E-state index contributed by atoms with van der Waals surface area (Å²) in [6, 6.07) is 32.2. The number of hydrogen-bond acceptors (Lipinski definition) is 30. The van der Waals surface area contributed by atoms with Crippen molar-refractivity contribution in [2.75, 3.05) is 120 Å². The predicted octanol–water partition coefficient (Wildman–Crippen LogP) is 5.93. The van der Waals surface area contributed by atoms with Gasteiger partial charge in [0.05, 0.1) is 151 Å². The van der Waals surface area contributed by atoms with Crippen molar-refractivity contribution in [3.63, 3.8) is 0 Å². The molecule has 19 rings (SSSR count). The number of phenolic OH excluding ortho intramolecular Hbond substituents is 1. The maximum absolute atomic E-state index is 12.1. The summed E-state index contributed by atoms with van der Waals surface area (Å²) < 4.78 is 54.9. The second-order valence-corrected chi connectivity index (χ2v) is 29.6. The number of alkyl halides is 3. The van der Waals surface area contributed by atoms with Crippen LogP contribution < -0.4 is 34.1 Å². The van der Waals surface area contributed by atoms with Crippen LogP contribution in [0, 0.1) is 0 Å². The molecule has 7 saturated heterocycles. The van der Waals surface area contributed by atoms with Crippen LogP contribution in [-0.2, 0) is 127 Å². The van der Waals surface area contributed by atoms with Crippen molar-refractivity contribution >= 4 is 184 Å². The van der Waals surface area contributed by atoms with E-state index < -0.39 is 83.1 Å². The number of halogens is 3. The summed E-state index contributed by atoms with van der Waals surface area (Å²) in [6.07, 6.45) is 15.3. The fourth-order valence-corrected chi connectivity index (χ4v) is 11.7. The summed E-state index contributed by atoms with van der Waals surface area (Å²) in [6.45, 7) is 6.31. The summed E-state index contributed by atoms with van der Waals surface area (Å²) in [5.41, 5.74) is 2.87. The molecule has 39 nitrogen and oxygen atoms in total. The Kier molecular flexibility index (Phi) is 37.4. The fraction of sp³-hybridized carbons (Fsp3) is 0.267. The number of phenols is 1. The van der Waals surface area contributed by atoms with Gasteiger partial charge in [-0.05, 0) is 139 Å². The number of imide groups is 6. The topological polar surface area (TPSA) is 532 Å². The van der Waals surface area contributed by atoms with Crippen LogP contribution in [0.4, 0.5) is 34.1 Å². The molecular weight excluding hydrogens is 1810 g/mol. The van der Waals surface area contributed by atoms with Crippen molar-refractivity contribution in [3.8, 4) is 11.5 Å². The number of carbonyl (C=O) groups excluding carboxylic acids is 15. The molecule has 0 bridgehead atoms. The van der Waals surface area contributed by atoms with E-state index in [1.54, 1.807) is 42.5 Å². The highest BCUT2D eigenvalue weighted by Crippen LogP contribution is 2.30. The third-order valence-electron chi connectivity index (χ3n) is 18.5. The first-order valence-corrected chi connectivity index (χ1v) is 41.0. The second-order valence-electron chi connectivity index (χ2n) is 28.6. The number of epoxide rings is 7. The number of hydrogen-bond donors (Lipinski definition) is 4. The monoisotopic (exact) mass is 1890 g/mol. The van der Waals surface area contributed by atoms with Gasteiger partial charge in [0.2, 0.25) is 0 Å². The number of anilines is 6. The third kappa shape index (κ3) is 31.8. The number of aromatic carboxylic acids is 3. The molecule has 13 heterocycles. The average molecular weight is 1890 g/mol. The van der Waals surface area contributed by atoms with E-state index in [1.807, 2.05) is 0 Å². The minimum Gasteiger partial charge on any atom is -0.508 e. The molecule has 3 radical (unpaired) electrons. The first kappa shape index (κ1) is 102. The molecule has 6 aromatic rings. The SMILES string of the molecule is C.ClCC1CO1.ClCC1CO1.ClCC1CO1.O=C(Cc1cc(CC(=O)OCC2CO2)cc(N2C(=O)C=CC2=O)c1)OCC1CO1.O=C(O)c1cc(C(=O)O)cc(N2C(=O)C=CC2=O)c1.O=C(O)c1ccc(N2C(=O)C=CC2=O)cc1.O=C(OCC1CO1)c1ccc(N2C(=O)C=CC2=O)cc1.O=C1C=CC(=O)N1c1ccc(O)cc1.O=C1C=CC(=O)N1c1ccc(OCC2CO2)cc1.[B]. The van der Waals surface area contributed by atoms with Crippen LogP contribution in [0.5, 0.6) is 11.5 Å². The Labute approximate surface area is 772 Å². The van der Waals surface area contributed by atoms with Crippen molar-refractivity contribution in [2.24, 2.45) is 0 Å². The zero-order valence-electron chi connectivity index (χ0n) is 69.0. The Morgan fingerprint density at radius 3 is 0.805 bits per heavy atom. The summed E-state index contributed by atoms with van der Waals surface area (Å²) in [4.78, 5) is 212. The van der Waals surface area contributed by atoms with Gasteiger partial charge in [-0.1, -0.05) is 13.5 Å². The number of amides is 12. The number of carboxylic acid groups (broad SMARTS) is 3.